The minimum absolute atomic E-state index is 0.0847. The van der Waals surface area contributed by atoms with Gasteiger partial charge in [-0.15, -0.1) is 11.3 Å². The normalized spacial score (nSPS) is 16.0. The van der Waals surface area contributed by atoms with Crippen molar-refractivity contribution in [3.8, 4) is 0 Å². The van der Waals surface area contributed by atoms with Crippen molar-refractivity contribution < 1.29 is 9.21 Å². The minimum Gasteiger partial charge on any atom is -0.450 e. The summed E-state index contributed by atoms with van der Waals surface area (Å²) in [5.41, 5.74) is 2.36. The first-order valence-electron chi connectivity index (χ1n) is 8.60. The van der Waals surface area contributed by atoms with Crippen LogP contribution in [0, 0.1) is 6.92 Å². The largest absolute Gasteiger partial charge is 0.450 e. The van der Waals surface area contributed by atoms with Crippen LogP contribution in [0.1, 0.15) is 33.3 Å². The molecular weight excluding hydrogens is 440 g/mol. The zero-order valence-electron chi connectivity index (χ0n) is 14.7. The van der Waals surface area contributed by atoms with Gasteiger partial charge in [0, 0.05) is 16.0 Å². The lowest BCUT2D eigenvalue weighted by Crippen LogP contribution is -2.29. The van der Waals surface area contributed by atoms with Gasteiger partial charge in [0.25, 0.3) is 5.91 Å². The number of carbonyl (C=O) groups excluding carboxylic acids is 1. The van der Waals surface area contributed by atoms with E-state index < -0.39 is 6.04 Å². The summed E-state index contributed by atoms with van der Waals surface area (Å²) < 4.78 is 6.80. The Balaban J connectivity index is 1.85. The summed E-state index contributed by atoms with van der Waals surface area (Å²) in [7, 11) is 0. The summed E-state index contributed by atoms with van der Waals surface area (Å²) in [6.45, 7) is 1.92. The molecule has 0 spiro atoms. The highest BCUT2D eigenvalue weighted by Crippen LogP contribution is 2.42. The predicted octanol–water partition coefficient (Wildman–Crippen LogP) is 5.07. The fourth-order valence-corrected chi connectivity index (χ4v) is 4.69. The SMILES string of the molecule is Cc1ccc2oc3c(c(=O)c2c1)C(c1cccc(Br)c1)N(c1nccs1)C3=O. The van der Waals surface area contributed by atoms with E-state index in [1.54, 1.807) is 28.6 Å². The molecule has 0 fully saturated rings. The minimum atomic E-state index is -0.590. The fourth-order valence-electron chi connectivity index (χ4n) is 3.61. The van der Waals surface area contributed by atoms with Crippen molar-refractivity contribution in [2.75, 3.05) is 4.90 Å². The highest BCUT2D eigenvalue weighted by molar-refractivity contribution is 9.10. The molecule has 28 heavy (non-hydrogen) atoms. The summed E-state index contributed by atoms with van der Waals surface area (Å²) in [6, 6.07) is 12.4. The van der Waals surface area contributed by atoms with E-state index in [0.29, 0.717) is 21.7 Å². The van der Waals surface area contributed by atoms with Crippen molar-refractivity contribution in [1.82, 2.24) is 4.98 Å². The van der Waals surface area contributed by atoms with Crippen LogP contribution >= 0.6 is 27.3 Å². The summed E-state index contributed by atoms with van der Waals surface area (Å²) in [5, 5.41) is 2.81. The monoisotopic (exact) mass is 452 g/mol. The van der Waals surface area contributed by atoms with Crippen LogP contribution < -0.4 is 10.3 Å². The Morgan fingerprint density at radius 3 is 2.79 bits per heavy atom. The Kier molecular flexibility index (Phi) is 3.96. The number of thiazole rings is 1. The summed E-state index contributed by atoms with van der Waals surface area (Å²) in [6.07, 6.45) is 1.64. The van der Waals surface area contributed by atoms with Gasteiger partial charge in [-0.1, -0.05) is 39.7 Å². The van der Waals surface area contributed by atoms with Crippen molar-refractivity contribution in [3.63, 3.8) is 0 Å². The van der Waals surface area contributed by atoms with E-state index in [1.807, 2.05) is 37.3 Å². The van der Waals surface area contributed by atoms with Gasteiger partial charge in [-0.2, -0.15) is 0 Å². The van der Waals surface area contributed by atoms with Crippen molar-refractivity contribution >= 4 is 49.3 Å². The molecule has 1 atom stereocenters. The van der Waals surface area contributed by atoms with Gasteiger partial charge in [-0.3, -0.25) is 14.5 Å². The van der Waals surface area contributed by atoms with Gasteiger partial charge >= 0.3 is 0 Å². The predicted molar refractivity (Wildman–Crippen MR) is 112 cm³/mol. The number of aromatic nitrogens is 1. The average molecular weight is 453 g/mol. The molecule has 7 heteroatoms. The van der Waals surface area contributed by atoms with Crippen LogP contribution in [0.4, 0.5) is 5.13 Å². The van der Waals surface area contributed by atoms with E-state index in [2.05, 4.69) is 20.9 Å². The van der Waals surface area contributed by atoms with E-state index in [9.17, 15) is 9.59 Å². The smallest absolute Gasteiger partial charge is 0.297 e. The lowest BCUT2D eigenvalue weighted by atomic mass is 9.98. The third-order valence-electron chi connectivity index (χ3n) is 4.82. The molecule has 138 valence electrons. The Morgan fingerprint density at radius 1 is 1.18 bits per heavy atom. The van der Waals surface area contributed by atoms with Crippen molar-refractivity contribution in [3.05, 3.63) is 91.2 Å². The number of halogens is 1. The number of carbonyl (C=O) groups is 1. The molecule has 0 saturated carbocycles. The van der Waals surface area contributed by atoms with Crippen LogP contribution in [0.2, 0.25) is 0 Å². The summed E-state index contributed by atoms with van der Waals surface area (Å²) >= 11 is 4.83. The van der Waals surface area contributed by atoms with Gasteiger partial charge in [-0.05, 0) is 36.8 Å². The molecule has 2 aromatic carbocycles. The number of benzene rings is 2. The molecule has 1 aliphatic heterocycles. The molecule has 2 aromatic heterocycles. The highest BCUT2D eigenvalue weighted by Gasteiger charge is 2.44. The Bertz CT molecular complexity index is 1300. The summed E-state index contributed by atoms with van der Waals surface area (Å²) in [5.74, 6) is -0.268. The molecule has 1 amide bonds. The van der Waals surface area contributed by atoms with Crippen LogP contribution in [0.3, 0.4) is 0 Å². The van der Waals surface area contributed by atoms with E-state index in [1.165, 1.54) is 11.3 Å². The van der Waals surface area contributed by atoms with E-state index >= 15 is 0 Å². The quantitative estimate of drug-likeness (QED) is 0.425. The van der Waals surface area contributed by atoms with Gasteiger partial charge in [0.1, 0.15) is 5.58 Å². The number of fused-ring (bicyclic) bond motifs is 2. The lowest BCUT2D eigenvalue weighted by molar-refractivity contribution is 0.0971. The molecule has 4 aromatic rings. The number of nitrogens with zero attached hydrogens (tertiary/aromatic N) is 2. The molecule has 0 bridgehead atoms. The molecule has 0 radical (unpaired) electrons. The number of aryl methyl sites for hydroxylation is 1. The van der Waals surface area contributed by atoms with Crippen LogP contribution in [0.15, 0.2) is 67.7 Å². The average Bonchev–Trinajstić information content (AvgIpc) is 3.29. The molecule has 0 N–H and O–H groups in total. The third-order valence-corrected chi connectivity index (χ3v) is 6.08. The number of hydrogen-bond acceptors (Lipinski definition) is 5. The zero-order chi connectivity index (χ0) is 19.4. The molecular formula is C21H13BrN2O3S. The molecule has 1 unspecified atom stereocenters. The van der Waals surface area contributed by atoms with Crippen LogP contribution in [0.5, 0.6) is 0 Å². The van der Waals surface area contributed by atoms with Crippen molar-refractivity contribution in [1.29, 1.82) is 0 Å². The second-order valence-electron chi connectivity index (χ2n) is 6.62. The Labute approximate surface area is 172 Å². The number of hydrogen-bond donors (Lipinski definition) is 0. The van der Waals surface area contributed by atoms with Crippen LogP contribution in [-0.2, 0) is 0 Å². The van der Waals surface area contributed by atoms with Gasteiger partial charge in [0.2, 0.25) is 5.76 Å². The summed E-state index contributed by atoms with van der Waals surface area (Å²) in [4.78, 5) is 32.6. The van der Waals surface area contributed by atoms with Gasteiger partial charge in [-0.25, -0.2) is 4.98 Å². The maximum Gasteiger partial charge on any atom is 0.297 e. The molecule has 5 rings (SSSR count). The first-order valence-corrected chi connectivity index (χ1v) is 10.3. The number of amides is 1. The second kappa shape index (κ2) is 6.39. The molecule has 5 nitrogen and oxygen atoms in total. The maximum atomic E-state index is 13.4. The zero-order valence-corrected chi connectivity index (χ0v) is 17.1. The standard InChI is InChI=1S/C21H13BrN2O3S/c1-11-5-6-15-14(9-11)18(25)16-17(12-3-2-4-13(22)10-12)24(20(26)19(16)27-15)21-23-7-8-28-21/h2-10,17H,1H3. The number of rotatable bonds is 2. The second-order valence-corrected chi connectivity index (χ2v) is 8.41. The Hall–Kier alpha value is -2.77. The van der Waals surface area contributed by atoms with Crippen molar-refractivity contribution in [2.45, 2.75) is 13.0 Å². The highest BCUT2D eigenvalue weighted by atomic mass is 79.9. The number of anilines is 1. The van der Waals surface area contributed by atoms with E-state index in [0.717, 1.165) is 15.6 Å². The fraction of sp³-hybridized carbons (Fsp3) is 0.0952. The van der Waals surface area contributed by atoms with E-state index in [4.69, 9.17) is 4.42 Å². The van der Waals surface area contributed by atoms with Crippen LogP contribution in [0.25, 0.3) is 11.0 Å². The van der Waals surface area contributed by atoms with Crippen molar-refractivity contribution in [2.24, 2.45) is 0 Å². The van der Waals surface area contributed by atoms with Gasteiger partial charge < -0.3 is 4.42 Å². The molecule has 3 heterocycles. The molecule has 0 saturated heterocycles. The molecule has 1 aliphatic rings. The van der Waals surface area contributed by atoms with Gasteiger partial charge in [0.05, 0.1) is 17.0 Å². The first kappa shape index (κ1) is 17.3. The molecule has 0 aliphatic carbocycles. The van der Waals surface area contributed by atoms with Crippen LogP contribution in [-0.4, -0.2) is 10.9 Å². The third kappa shape index (κ3) is 2.54. The maximum absolute atomic E-state index is 13.4. The first-order chi connectivity index (χ1) is 13.5. The Morgan fingerprint density at radius 2 is 2.04 bits per heavy atom. The topological polar surface area (TPSA) is 63.4 Å². The van der Waals surface area contributed by atoms with Gasteiger partial charge in [0.15, 0.2) is 10.6 Å². The lowest BCUT2D eigenvalue weighted by Gasteiger charge is -2.22. The van der Waals surface area contributed by atoms with E-state index in [-0.39, 0.29) is 17.1 Å².